The van der Waals surface area contributed by atoms with Gasteiger partial charge in [0, 0.05) is 6.04 Å². The zero-order chi connectivity index (χ0) is 9.09. The Morgan fingerprint density at radius 3 is 2.08 bits per heavy atom. The van der Waals surface area contributed by atoms with Crippen molar-refractivity contribution in [2.45, 2.75) is 40.2 Å². The molecule has 1 heteroatoms. The number of hydrogen-bond donors (Lipinski definition) is 1. The van der Waals surface area contributed by atoms with Gasteiger partial charge in [-0.15, -0.1) is 0 Å². The summed E-state index contributed by atoms with van der Waals surface area (Å²) in [5.74, 6) is 3.51. The normalized spacial score (nSPS) is 57.5. The van der Waals surface area contributed by atoms with E-state index in [9.17, 15) is 0 Å². The van der Waals surface area contributed by atoms with Gasteiger partial charge in [0.05, 0.1) is 0 Å². The zero-order valence-corrected chi connectivity index (χ0v) is 8.67. The SMILES string of the molecule is CC(C)C1C(C)C12C(C)CC2N. The van der Waals surface area contributed by atoms with Crippen molar-refractivity contribution >= 4 is 0 Å². The van der Waals surface area contributed by atoms with E-state index >= 15 is 0 Å². The molecule has 0 heterocycles. The van der Waals surface area contributed by atoms with Crippen molar-refractivity contribution in [3.8, 4) is 0 Å². The van der Waals surface area contributed by atoms with Gasteiger partial charge in [0.25, 0.3) is 0 Å². The minimum atomic E-state index is 0.509. The van der Waals surface area contributed by atoms with Crippen LogP contribution in [0.3, 0.4) is 0 Å². The molecule has 0 radical (unpaired) electrons. The summed E-state index contributed by atoms with van der Waals surface area (Å²) in [5.41, 5.74) is 6.69. The third kappa shape index (κ3) is 0.693. The molecular weight excluding hydrogens is 146 g/mol. The summed E-state index contributed by atoms with van der Waals surface area (Å²) in [6, 6.07) is 0.509. The maximum absolute atomic E-state index is 6.13. The number of nitrogens with two attached hydrogens (primary N) is 1. The second-order valence-electron chi connectivity index (χ2n) is 5.30. The molecule has 0 aromatic rings. The van der Waals surface area contributed by atoms with Crippen LogP contribution >= 0.6 is 0 Å². The lowest BCUT2D eigenvalue weighted by Crippen LogP contribution is -2.50. The van der Waals surface area contributed by atoms with Crippen LogP contribution in [0, 0.1) is 29.1 Å². The van der Waals surface area contributed by atoms with Crippen LogP contribution in [0.1, 0.15) is 34.1 Å². The van der Waals surface area contributed by atoms with Crippen LogP contribution in [0.5, 0.6) is 0 Å². The Hall–Kier alpha value is -0.0400. The molecule has 0 aromatic carbocycles. The third-order valence-electron chi connectivity index (χ3n) is 4.62. The van der Waals surface area contributed by atoms with Gasteiger partial charge >= 0.3 is 0 Å². The van der Waals surface area contributed by atoms with E-state index in [0.717, 1.165) is 23.7 Å². The Kier molecular flexibility index (Phi) is 1.61. The fourth-order valence-corrected chi connectivity index (χ4v) is 4.16. The number of rotatable bonds is 1. The molecule has 0 bridgehead atoms. The molecule has 0 saturated heterocycles. The molecule has 0 aliphatic heterocycles. The van der Waals surface area contributed by atoms with Gasteiger partial charge in [0.1, 0.15) is 0 Å². The first-order chi connectivity index (χ1) is 5.52. The van der Waals surface area contributed by atoms with Gasteiger partial charge in [-0.3, -0.25) is 0 Å². The van der Waals surface area contributed by atoms with E-state index in [-0.39, 0.29) is 0 Å². The van der Waals surface area contributed by atoms with E-state index < -0.39 is 0 Å². The molecular formula is C11H21N. The van der Waals surface area contributed by atoms with Crippen LogP contribution in [0.4, 0.5) is 0 Å². The molecule has 2 N–H and O–H groups in total. The average molecular weight is 167 g/mol. The van der Waals surface area contributed by atoms with Gasteiger partial charge in [-0.1, -0.05) is 27.7 Å². The van der Waals surface area contributed by atoms with E-state index in [4.69, 9.17) is 5.73 Å². The molecule has 5 unspecified atom stereocenters. The smallest absolute Gasteiger partial charge is 0.0106 e. The lowest BCUT2D eigenvalue weighted by molar-refractivity contribution is 0.0866. The molecule has 2 fully saturated rings. The summed E-state index contributed by atoms with van der Waals surface area (Å²) in [4.78, 5) is 0. The van der Waals surface area contributed by atoms with Gasteiger partial charge in [0.2, 0.25) is 0 Å². The van der Waals surface area contributed by atoms with Crippen molar-refractivity contribution in [3.05, 3.63) is 0 Å². The van der Waals surface area contributed by atoms with Crippen LogP contribution in [0.15, 0.2) is 0 Å². The molecule has 1 nitrogen and oxygen atoms in total. The molecule has 2 rings (SSSR count). The minimum absolute atomic E-state index is 0.509. The molecule has 1 spiro atoms. The van der Waals surface area contributed by atoms with E-state index in [1.807, 2.05) is 0 Å². The maximum Gasteiger partial charge on any atom is 0.0106 e. The predicted octanol–water partition coefficient (Wildman–Crippen LogP) is 2.26. The summed E-state index contributed by atoms with van der Waals surface area (Å²) < 4.78 is 0. The third-order valence-corrected chi connectivity index (χ3v) is 4.62. The number of hydrogen-bond acceptors (Lipinski definition) is 1. The van der Waals surface area contributed by atoms with Gasteiger partial charge < -0.3 is 5.73 Å². The fraction of sp³-hybridized carbons (Fsp3) is 1.00. The van der Waals surface area contributed by atoms with Gasteiger partial charge in [-0.2, -0.15) is 0 Å². The molecule has 0 aromatic heterocycles. The highest BCUT2D eigenvalue weighted by Gasteiger charge is 2.72. The summed E-state index contributed by atoms with van der Waals surface area (Å²) in [6.45, 7) is 9.45. The van der Waals surface area contributed by atoms with Crippen molar-refractivity contribution < 1.29 is 0 Å². The predicted molar refractivity (Wildman–Crippen MR) is 51.7 cm³/mol. The highest BCUT2D eigenvalue weighted by Crippen LogP contribution is 2.73. The van der Waals surface area contributed by atoms with E-state index in [1.165, 1.54) is 6.42 Å². The Labute approximate surface area is 75.7 Å². The quantitative estimate of drug-likeness (QED) is 0.637. The lowest BCUT2D eigenvalue weighted by Gasteiger charge is -2.44. The molecule has 12 heavy (non-hydrogen) atoms. The van der Waals surface area contributed by atoms with E-state index in [2.05, 4.69) is 27.7 Å². The zero-order valence-electron chi connectivity index (χ0n) is 8.67. The van der Waals surface area contributed by atoms with E-state index in [1.54, 1.807) is 0 Å². The van der Waals surface area contributed by atoms with Crippen molar-refractivity contribution in [3.63, 3.8) is 0 Å². The first-order valence-electron chi connectivity index (χ1n) is 5.28. The molecule has 70 valence electrons. The Morgan fingerprint density at radius 2 is 1.92 bits per heavy atom. The van der Waals surface area contributed by atoms with Crippen molar-refractivity contribution in [2.75, 3.05) is 0 Å². The highest BCUT2D eigenvalue weighted by atomic mass is 14.9. The largest absolute Gasteiger partial charge is 0.327 e. The molecule has 0 amide bonds. The minimum Gasteiger partial charge on any atom is -0.327 e. The highest BCUT2D eigenvalue weighted by molar-refractivity contribution is 5.22. The monoisotopic (exact) mass is 167 g/mol. The fourth-order valence-electron chi connectivity index (χ4n) is 4.16. The molecule has 2 aliphatic carbocycles. The molecule has 2 saturated carbocycles. The van der Waals surface area contributed by atoms with Gasteiger partial charge in [0.15, 0.2) is 0 Å². The van der Waals surface area contributed by atoms with Gasteiger partial charge in [-0.05, 0) is 35.5 Å². The van der Waals surface area contributed by atoms with Crippen LogP contribution in [0.2, 0.25) is 0 Å². The molecule has 5 atom stereocenters. The van der Waals surface area contributed by atoms with Crippen molar-refractivity contribution in [1.82, 2.24) is 0 Å². The Morgan fingerprint density at radius 1 is 1.33 bits per heavy atom. The standard InChI is InChI=1S/C11H21N/c1-6(2)10-8(4)11(10)7(3)5-9(11)12/h6-10H,5,12H2,1-4H3. The average Bonchev–Trinajstić information content (AvgIpc) is 2.60. The summed E-state index contributed by atoms with van der Waals surface area (Å²) >= 11 is 0. The lowest BCUT2D eigenvalue weighted by atomic mass is 9.64. The molecule has 2 aliphatic rings. The van der Waals surface area contributed by atoms with Crippen LogP contribution in [-0.4, -0.2) is 6.04 Å². The first-order valence-corrected chi connectivity index (χ1v) is 5.28. The van der Waals surface area contributed by atoms with Crippen molar-refractivity contribution in [2.24, 2.45) is 34.8 Å². The van der Waals surface area contributed by atoms with Crippen LogP contribution in [-0.2, 0) is 0 Å². The second-order valence-corrected chi connectivity index (χ2v) is 5.30. The van der Waals surface area contributed by atoms with Crippen molar-refractivity contribution in [1.29, 1.82) is 0 Å². The Balaban J connectivity index is 2.15. The summed E-state index contributed by atoms with van der Waals surface area (Å²) in [6.07, 6.45) is 1.26. The topological polar surface area (TPSA) is 26.0 Å². The second kappa shape index (κ2) is 2.25. The summed E-state index contributed by atoms with van der Waals surface area (Å²) in [7, 11) is 0. The first kappa shape index (κ1) is 8.55. The van der Waals surface area contributed by atoms with Crippen LogP contribution < -0.4 is 5.73 Å². The van der Waals surface area contributed by atoms with E-state index in [0.29, 0.717) is 11.5 Å². The van der Waals surface area contributed by atoms with Gasteiger partial charge in [-0.25, -0.2) is 0 Å². The maximum atomic E-state index is 6.13. The van der Waals surface area contributed by atoms with Crippen LogP contribution in [0.25, 0.3) is 0 Å². The Bertz CT molecular complexity index is 189. The summed E-state index contributed by atoms with van der Waals surface area (Å²) in [5, 5.41) is 0.